The fraction of sp³-hybridized carbons (Fsp3) is 0.286. The van der Waals surface area contributed by atoms with Crippen LogP contribution in [-0.2, 0) is 19.1 Å². The van der Waals surface area contributed by atoms with Gasteiger partial charge in [0, 0.05) is 17.8 Å². The van der Waals surface area contributed by atoms with Crippen LogP contribution in [0.25, 0.3) is 0 Å². The minimum Gasteiger partial charge on any atom is -0.493 e. The predicted molar refractivity (Wildman–Crippen MR) is 72.9 cm³/mol. The number of ether oxygens (including phenoxy) is 1. The summed E-state index contributed by atoms with van der Waals surface area (Å²) in [7, 11) is 0. The molecule has 6 heteroatoms. The lowest BCUT2D eigenvalue weighted by Gasteiger charge is -2.14. The van der Waals surface area contributed by atoms with Gasteiger partial charge in [0.15, 0.2) is 0 Å². The van der Waals surface area contributed by atoms with Crippen LogP contribution in [0.2, 0.25) is 0 Å². The zero-order chi connectivity index (χ0) is 14.6. The highest BCUT2D eigenvalue weighted by atomic mass is 32.1. The Morgan fingerprint density at radius 1 is 1.20 bits per heavy atom. The molecule has 0 unspecified atom stereocenters. The van der Waals surface area contributed by atoms with Crippen molar-refractivity contribution in [3.05, 3.63) is 51.7 Å². The zero-order valence-electron chi connectivity index (χ0n) is 10.6. The Morgan fingerprint density at radius 3 is 2.60 bits per heavy atom. The van der Waals surface area contributed by atoms with E-state index in [1.165, 1.54) is 12.1 Å². The maximum atomic E-state index is 12.9. The van der Waals surface area contributed by atoms with Crippen molar-refractivity contribution < 1.29 is 17.9 Å². The van der Waals surface area contributed by atoms with Gasteiger partial charge in [-0.25, -0.2) is 0 Å². The molecule has 0 aliphatic carbocycles. The molecule has 108 valence electrons. The minimum absolute atomic E-state index is 0.0723. The van der Waals surface area contributed by atoms with Crippen molar-refractivity contribution in [3.63, 3.8) is 0 Å². The first-order valence-electron chi connectivity index (χ1n) is 6.06. The van der Waals surface area contributed by atoms with Gasteiger partial charge >= 0.3 is 6.18 Å². The highest BCUT2D eigenvalue weighted by Gasteiger charge is 2.33. The number of halogens is 3. The minimum atomic E-state index is -4.41. The van der Waals surface area contributed by atoms with Crippen molar-refractivity contribution in [2.24, 2.45) is 5.73 Å². The van der Waals surface area contributed by atoms with Gasteiger partial charge in [-0.2, -0.15) is 13.2 Å². The van der Waals surface area contributed by atoms with Crippen molar-refractivity contribution in [3.8, 4) is 5.75 Å². The van der Waals surface area contributed by atoms with Gasteiger partial charge in [-0.3, -0.25) is 0 Å². The summed E-state index contributed by atoms with van der Waals surface area (Å²) >= 11 is 1.60. The van der Waals surface area contributed by atoms with Gasteiger partial charge in [0.05, 0.1) is 12.2 Å². The number of nitrogens with two attached hydrogens (primary N) is 1. The number of thiophene rings is 1. The molecule has 2 nitrogen and oxygen atoms in total. The molecular formula is C14H14F3NOS. The zero-order valence-corrected chi connectivity index (χ0v) is 11.4. The molecule has 0 amide bonds. The maximum absolute atomic E-state index is 12.9. The monoisotopic (exact) mass is 301 g/mol. The first kappa shape index (κ1) is 14.9. The van der Waals surface area contributed by atoms with E-state index < -0.39 is 11.7 Å². The third-order valence-corrected chi connectivity index (χ3v) is 3.74. The second kappa shape index (κ2) is 6.28. The molecule has 0 aliphatic heterocycles. The third-order valence-electron chi connectivity index (χ3n) is 2.80. The quantitative estimate of drug-likeness (QED) is 0.910. The Hall–Kier alpha value is -1.53. The number of hydrogen-bond acceptors (Lipinski definition) is 3. The molecule has 1 aromatic carbocycles. The molecule has 0 bridgehead atoms. The summed E-state index contributed by atoms with van der Waals surface area (Å²) in [5, 5.41) is 1.95. The topological polar surface area (TPSA) is 35.2 Å². The van der Waals surface area contributed by atoms with Gasteiger partial charge in [-0.1, -0.05) is 12.1 Å². The first-order valence-corrected chi connectivity index (χ1v) is 6.94. The lowest BCUT2D eigenvalue weighted by Crippen LogP contribution is -2.12. The third kappa shape index (κ3) is 3.74. The summed E-state index contributed by atoms with van der Waals surface area (Å²) in [6.07, 6.45) is -3.74. The van der Waals surface area contributed by atoms with Gasteiger partial charge in [-0.05, 0) is 29.1 Å². The van der Waals surface area contributed by atoms with Crippen LogP contribution in [0.4, 0.5) is 13.2 Å². The summed E-state index contributed by atoms with van der Waals surface area (Å²) in [5.74, 6) is 0.214. The fourth-order valence-corrected chi connectivity index (χ4v) is 2.50. The van der Waals surface area contributed by atoms with E-state index in [1.807, 2.05) is 17.5 Å². The van der Waals surface area contributed by atoms with E-state index in [9.17, 15) is 13.2 Å². The standard InChI is InChI=1S/C14H14F3NOS/c15-14(16,17)13-8-11(4-3-10(13)9-18)19-6-5-12-2-1-7-20-12/h1-4,7-8H,5-6,9,18H2. The van der Waals surface area contributed by atoms with Gasteiger partial charge < -0.3 is 10.5 Å². The summed E-state index contributed by atoms with van der Waals surface area (Å²) in [4.78, 5) is 1.14. The van der Waals surface area contributed by atoms with Crippen molar-refractivity contribution >= 4 is 11.3 Å². The molecular weight excluding hydrogens is 287 g/mol. The van der Waals surface area contributed by atoms with E-state index in [0.29, 0.717) is 13.0 Å². The van der Waals surface area contributed by atoms with Crippen molar-refractivity contribution in [1.82, 2.24) is 0 Å². The van der Waals surface area contributed by atoms with Crippen LogP contribution in [0, 0.1) is 0 Å². The normalized spacial score (nSPS) is 11.6. The van der Waals surface area contributed by atoms with E-state index in [4.69, 9.17) is 10.5 Å². The largest absolute Gasteiger partial charge is 0.493 e. The Labute approximate surface area is 119 Å². The Morgan fingerprint density at radius 2 is 2.00 bits per heavy atom. The Kier molecular flexibility index (Phi) is 4.67. The molecule has 1 aromatic heterocycles. The van der Waals surface area contributed by atoms with Crippen LogP contribution >= 0.6 is 11.3 Å². The molecule has 0 atom stereocenters. The highest BCUT2D eigenvalue weighted by Crippen LogP contribution is 2.34. The average molecular weight is 301 g/mol. The van der Waals surface area contributed by atoms with Crippen molar-refractivity contribution in [2.45, 2.75) is 19.1 Å². The Bertz CT molecular complexity index is 552. The highest BCUT2D eigenvalue weighted by molar-refractivity contribution is 7.09. The molecule has 0 saturated carbocycles. The van der Waals surface area contributed by atoms with Crippen molar-refractivity contribution in [1.29, 1.82) is 0 Å². The van der Waals surface area contributed by atoms with E-state index in [1.54, 1.807) is 11.3 Å². The Balaban J connectivity index is 2.05. The second-order valence-corrected chi connectivity index (χ2v) is 5.23. The van der Waals surface area contributed by atoms with Crippen LogP contribution in [-0.4, -0.2) is 6.61 Å². The summed E-state index contributed by atoms with van der Waals surface area (Å²) in [6, 6.07) is 7.79. The second-order valence-electron chi connectivity index (χ2n) is 4.20. The van der Waals surface area contributed by atoms with Gasteiger partial charge in [0.1, 0.15) is 5.75 Å². The maximum Gasteiger partial charge on any atom is 0.416 e. The smallest absolute Gasteiger partial charge is 0.416 e. The predicted octanol–water partition coefficient (Wildman–Crippen LogP) is 3.85. The van der Waals surface area contributed by atoms with Crippen LogP contribution < -0.4 is 10.5 Å². The summed E-state index contributed by atoms with van der Waals surface area (Å²) in [5.41, 5.74) is 4.67. The van der Waals surface area contributed by atoms with Crippen LogP contribution in [0.3, 0.4) is 0 Å². The lowest BCUT2D eigenvalue weighted by atomic mass is 10.1. The molecule has 1 heterocycles. The SMILES string of the molecule is NCc1ccc(OCCc2cccs2)cc1C(F)(F)F. The average Bonchev–Trinajstić information content (AvgIpc) is 2.91. The summed E-state index contributed by atoms with van der Waals surface area (Å²) < 4.78 is 43.9. The lowest BCUT2D eigenvalue weighted by molar-refractivity contribution is -0.138. The van der Waals surface area contributed by atoms with Gasteiger partial charge in [-0.15, -0.1) is 11.3 Å². The first-order chi connectivity index (χ1) is 9.50. The van der Waals surface area contributed by atoms with Crippen LogP contribution in [0.5, 0.6) is 5.75 Å². The van der Waals surface area contributed by atoms with Gasteiger partial charge in [0.25, 0.3) is 0 Å². The van der Waals surface area contributed by atoms with E-state index in [0.717, 1.165) is 10.9 Å². The fourth-order valence-electron chi connectivity index (χ4n) is 1.81. The number of rotatable bonds is 5. The summed E-state index contributed by atoms with van der Waals surface area (Å²) in [6.45, 7) is 0.199. The molecule has 2 aromatic rings. The number of hydrogen-bond donors (Lipinski definition) is 1. The molecule has 0 aliphatic rings. The molecule has 2 rings (SSSR count). The van der Waals surface area contributed by atoms with Crippen molar-refractivity contribution in [2.75, 3.05) is 6.61 Å². The number of alkyl halides is 3. The van der Waals surface area contributed by atoms with Crippen LogP contribution in [0.15, 0.2) is 35.7 Å². The molecule has 2 N–H and O–H groups in total. The van der Waals surface area contributed by atoms with E-state index in [2.05, 4.69) is 0 Å². The van der Waals surface area contributed by atoms with Crippen LogP contribution in [0.1, 0.15) is 16.0 Å². The van der Waals surface area contributed by atoms with E-state index in [-0.39, 0.29) is 17.9 Å². The molecule has 0 fully saturated rings. The molecule has 0 saturated heterocycles. The van der Waals surface area contributed by atoms with Gasteiger partial charge in [0.2, 0.25) is 0 Å². The molecule has 0 radical (unpaired) electrons. The number of benzene rings is 1. The van der Waals surface area contributed by atoms with E-state index >= 15 is 0 Å². The molecule has 0 spiro atoms. The molecule has 20 heavy (non-hydrogen) atoms.